The van der Waals surface area contributed by atoms with Crippen molar-refractivity contribution in [2.24, 2.45) is 5.73 Å². The van der Waals surface area contributed by atoms with Gasteiger partial charge >= 0.3 is 0 Å². The van der Waals surface area contributed by atoms with E-state index in [2.05, 4.69) is 22.1 Å². The molecule has 1 amide bonds. The minimum atomic E-state index is -0.186. The summed E-state index contributed by atoms with van der Waals surface area (Å²) in [5.41, 5.74) is 9.30. The third kappa shape index (κ3) is 3.91. The molecule has 0 aliphatic carbocycles. The van der Waals surface area contributed by atoms with Crippen LogP contribution in [0.1, 0.15) is 27.2 Å². The number of aryl methyl sites for hydroxylation is 2. The van der Waals surface area contributed by atoms with Crippen LogP contribution < -0.4 is 11.1 Å². The van der Waals surface area contributed by atoms with Gasteiger partial charge in [0, 0.05) is 23.1 Å². The van der Waals surface area contributed by atoms with Crippen molar-refractivity contribution >= 4 is 11.6 Å². The Balaban J connectivity index is 2.22. The maximum atomic E-state index is 12.2. The summed E-state index contributed by atoms with van der Waals surface area (Å²) in [4.78, 5) is 16.3. The Morgan fingerprint density at radius 3 is 2.76 bits per heavy atom. The zero-order chi connectivity index (χ0) is 15.2. The summed E-state index contributed by atoms with van der Waals surface area (Å²) in [5.74, 6) is 5.57. The number of amides is 1. The van der Waals surface area contributed by atoms with E-state index < -0.39 is 0 Å². The molecular weight excluding hydrogens is 262 g/mol. The molecule has 0 aliphatic rings. The average Bonchev–Trinajstić information content (AvgIpc) is 2.48. The maximum Gasteiger partial charge on any atom is 0.257 e. The summed E-state index contributed by atoms with van der Waals surface area (Å²) < 4.78 is 0. The summed E-state index contributed by atoms with van der Waals surface area (Å²) in [6.45, 7) is 4.12. The van der Waals surface area contributed by atoms with E-state index in [1.165, 1.54) is 0 Å². The van der Waals surface area contributed by atoms with E-state index in [0.717, 1.165) is 22.5 Å². The van der Waals surface area contributed by atoms with Crippen LogP contribution in [0.2, 0.25) is 0 Å². The van der Waals surface area contributed by atoms with E-state index in [4.69, 9.17) is 5.73 Å². The molecule has 1 aromatic carbocycles. The van der Waals surface area contributed by atoms with Crippen molar-refractivity contribution in [1.29, 1.82) is 0 Å². The van der Waals surface area contributed by atoms with Crippen LogP contribution in [-0.4, -0.2) is 17.4 Å². The molecule has 0 bridgehead atoms. The monoisotopic (exact) mass is 279 g/mol. The number of carbonyl (C=O) groups is 1. The second-order valence-electron chi connectivity index (χ2n) is 4.68. The third-order valence-electron chi connectivity index (χ3n) is 2.99. The van der Waals surface area contributed by atoms with Crippen LogP contribution in [0.15, 0.2) is 36.5 Å². The van der Waals surface area contributed by atoms with Crippen LogP contribution in [-0.2, 0) is 0 Å². The Morgan fingerprint density at radius 2 is 2.10 bits per heavy atom. The highest BCUT2D eigenvalue weighted by atomic mass is 16.1. The third-order valence-corrected chi connectivity index (χ3v) is 2.99. The predicted molar refractivity (Wildman–Crippen MR) is 84.0 cm³/mol. The van der Waals surface area contributed by atoms with E-state index in [1.54, 1.807) is 12.3 Å². The van der Waals surface area contributed by atoms with Crippen LogP contribution in [0.4, 0.5) is 5.69 Å². The van der Waals surface area contributed by atoms with Crippen molar-refractivity contribution in [2.75, 3.05) is 11.9 Å². The molecule has 0 atom stereocenters. The van der Waals surface area contributed by atoms with Crippen LogP contribution >= 0.6 is 0 Å². The molecule has 0 unspecified atom stereocenters. The predicted octanol–water partition coefficient (Wildman–Crippen LogP) is 2.26. The van der Waals surface area contributed by atoms with Gasteiger partial charge in [-0.05, 0) is 43.7 Å². The molecule has 4 heteroatoms. The molecule has 3 N–H and O–H groups in total. The standard InChI is InChI=1S/C17H17N3O/c1-12-5-7-14(4-3-9-18)10-16(12)20-17(21)15-8-6-13(2)19-11-15/h5-8,10-11H,9,18H2,1-2H3,(H,20,21). The quantitative estimate of drug-likeness (QED) is 0.829. The molecule has 2 aromatic rings. The Bertz CT molecular complexity index is 709. The molecule has 1 aromatic heterocycles. The van der Waals surface area contributed by atoms with Gasteiger partial charge in [0.05, 0.1) is 12.1 Å². The summed E-state index contributed by atoms with van der Waals surface area (Å²) in [6.07, 6.45) is 1.57. The minimum absolute atomic E-state index is 0.186. The second-order valence-corrected chi connectivity index (χ2v) is 4.68. The lowest BCUT2D eigenvalue weighted by Crippen LogP contribution is -2.13. The number of rotatable bonds is 2. The van der Waals surface area contributed by atoms with Gasteiger partial charge in [-0.25, -0.2) is 0 Å². The number of nitrogens with zero attached hydrogens (tertiary/aromatic N) is 1. The summed E-state index contributed by atoms with van der Waals surface area (Å²) >= 11 is 0. The average molecular weight is 279 g/mol. The number of aromatic nitrogens is 1. The lowest BCUT2D eigenvalue weighted by atomic mass is 10.1. The fourth-order valence-electron chi connectivity index (χ4n) is 1.78. The van der Waals surface area contributed by atoms with Gasteiger partial charge in [0.15, 0.2) is 0 Å². The Hall–Kier alpha value is -2.64. The van der Waals surface area contributed by atoms with Gasteiger partial charge in [-0.2, -0.15) is 0 Å². The molecule has 0 spiro atoms. The van der Waals surface area contributed by atoms with Gasteiger partial charge in [-0.3, -0.25) is 9.78 Å². The molecule has 0 saturated heterocycles. The van der Waals surface area contributed by atoms with Crippen LogP contribution in [0, 0.1) is 25.7 Å². The van der Waals surface area contributed by atoms with Gasteiger partial charge < -0.3 is 11.1 Å². The summed E-state index contributed by atoms with van der Waals surface area (Å²) in [5, 5.41) is 2.88. The number of anilines is 1. The first-order valence-corrected chi connectivity index (χ1v) is 6.64. The van der Waals surface area contributed by atoms with Crippen molar-refractivity contribution in [3.8, 4) is 11.8 Å². The number of carbonyl (C=O) groups excluding carboxylic acids is 1. The van der Waals surface area contributed by atoms with Crippen molar-refractivity contribution < 1.29 is 4.79 Å². The number of nitrogens with two attached hydrogens (primary N) is 1. The number of benzene rings is 1. The lowest BCUT2D eigenvalue weighted by Gasteiger charge is -2.09. The zero-order valence-corrected chi connectivity index (χ0v) is 12.1. The van der Waals surface area contributed by atoms with Crippen LogP contribution in [0.3, 0.4) is 0 Å². The first kappa shape index (κ1) is 14.8. The molecule has 4 nitrogen and oxygen atoms in total. The highest BCUT2D eigenvalue weighted by Gasteiger charge is 2.08. The molecule has 21 heavy (non-hydrogen) atoms. The van der Waals surface area contributed by atoms with Crippen LogP contribution in [0.5, 0.6) is 0 Å². The molecule has 1 heterocycles. The summed E-state index contributed by atoms with van der Waals surface area (Å²) in [7, 11) is 0. The van der Waals surface area contributed by atoms with E-state index in [0.29, 0.717) is 12.1 Å². The molecule has 106 valence electrons. The number of nitrogens with one attached hydrogen (secondary N) is 1. The minimum Gasteiger partial charge on any atom is -0.322 e. The van der Waals surface area contributed by atoms with E-state index in [9.17, 15) is 4.79 Å². The first-order valence-electron chi connectivity index (χ1n) is 6.64. The SMILES string of the molecule is Cc1ccc(C(=O)Nc2cc(C#CCN)ccc2C)cn1. The lowest BCUT2D eigenvalue weighted by molar-refractivity contribution is 0.102. The van der Waals surface area contributed by atoms with Gasteiger partial charge in [0.1, 0.15) is 0 Å². The number of hydrogen-bond acceptors (Lipinski definition) is 3. The van der Waals surface area contributed by atoms with E-state index in [1.807, 2.05) is 38.1 Å². The topological polar surface area (TPSA) is 68.0 Å². The van der Waals surface area contributed by atoms with E-state index >= 15 is 0 Å². The number of pyridine rings is 1. The van der Waals surface area contributed by atoms with Crippen molar-refractivity contribution in [2.45, 2.75) is 13.8 Å². The fourth-order valence-corrected chi connectivity index (χ4v) is 1.78. The smallest absolute Gasteiger partial charge is 0.257 e. The normalized spacial score (nSPS) is 9.67. The van der Waals surface area contributed by atoms with Crippen molar-refractivity contribution in [3.05, 3.63) is 58.9 Å². The van der Waals surface area contributed by atoms with Crippen LogP contribution in [0.25, 0.3) is 0 Å². The summed E-state index contributed by atoms with van der Waals surface area (Å²) in [6, 6.07) is 9.23. The molecular formula is C17H17N3O. The largest absolute Gasteiger partial charge is 0.322 e. The first-order chi connectivity index (χ1) is 10.1. The molecule has 0 radical (unpaired) electrons. The van der Waals surface area contributed by atoms with Crippen molar-refractivity contribution in [3.63, 3.8) is 0 Å². The Labute approximate surface area is 124 Å². The second kappa shape index (κ2) is 6.69. The van der Waals surface area contributed by atoms with Gasteiger partial charge in [-0.1, -0.05) is 17.9 Å². The van der Waals surface area contributed by atoms with E-state index in [-0.39, 0.29) is 5.91 Å². The van der Waals surface area contributed by atoms with Crippen molar-refractivity contribution in [1.82, 2.24) is 4.98 Å². The van der Waals surface area contributed by atoms with Gasteiger partial charge in [0.2, 0.25) is 0 Å². The Kier molecular flexibility index (Phi) is 4.70. The Morgan fingerprint density at radius 1 is 1.29 bits per heavy atom. The number of hydrogen-bond donors (Lipinski definition) is 2. The molecule has 2 rings (SSSR count). The molecule has 0 aliphatic heterocycles. The zero-order valence-electron chi connectivity index (χ0n) is 12.1. The van der Waals surface area contributed by atoms with Gasteiger partial charge in [0.25, 0.3) is 5.91 Å². The maximum absolute atomic E-state index is 12.2. The highest BCUT2D eigenvalue weighted by Crippen LogP contribution is 2.17. The highest BCUT2D eigenvalue weighted by molar-refractivity contribution is 6.04. The molecule has 0 fully saturated rings. The fraction of sp³-hybridized carbons (Fsp3) is 0.176. The molecule has 0 saturated carbocycles. The van der Waals surface area contributed by atoms with Gasteiger partial charge in [-0.15, -0.1) is 0 Å².